The highest BCUT2D eigenvalue weighted by Gasteiger charge is 2.05. The number of aromatic nitrogens is 2. The number of hydrogen-bond donors (Lipinski definition) is 1. The number of aromatic amines is 1. The topological polar surface area (TPSA) is 28.7 Å². The lowest BCUT2D eigenvalue weighted by atomic mass is 10.0. The third kappa shape index (κ3) is 14.2. The summed E-state index contributed by atoms with van der Waals surface area (Å²) >= 11 is 0. The van der Waals surface area contributed by atoms with Crippen molar-refractivity contribution in [1.82, 2.24) is 9.97 Å². The average molecular weight is 391 g/mol. The molecule has 0 aliphatic heterocycles. The summed E-state index contributed by atoms with van der Waals surface area (Å²) in [6, 6.07) is 0. The van der Waals surface area contributed by atoms with Gasteiger partial charge in [-0.1, -0.05) is 123 Å². The zero-order valence-corrected chi connectivity index (χ0v) is 19.4. The van der Waals surface area contributed by atoms with Gasteiger partial charge in [-0.2, -0.15) is 0 Å². The second-order valence-corrected chi connectivity index (χ2v) is 8.84. The van der Waals surface area contributed by atoms with Gasteiger partial charge < -0.3 is 4.98 Å². The average Bonchev–Trinajstić information content (AvgIpc) is 3.15. The highest BCUT2D eigenvalue weighted by Crippen LogP contribution is 2.15. The van der Waals surface area contributed by atoms with E-state index >= 15 is 0 Å². The molecule has 0 saturated carbocycles. The van der Waals surface area contributed by atoms with Gasteiger partial charge in [0.1, 0.15) is 0 Å². The molecular formula is C26H50N2. The molecule has 0 fully saturated rings. The molecule has 0 aliphatic rings. The summed E-state index contributed by atoms with van der Waals surface area (Å²) in [5, 5.41) is 0. The Morgan fingerprint density at radius 3 is 1.39 bits per heavy atom. The molecule has 2 nitrogen and oxygen atoms in total. The van der Waals surface area contributed by atoms with Gasteiger partial charge in [-0.3, -0.25) is 0 Å². The van der Waals surface area contributed by atoms with Gasteiger partial charge in [-0.05, 0) is 25.7 Å². The molecule has 0 saturated heterocycles. The smallest absolute Gasteiger partial charge is 0.0925 e. The van der Waals surface area contributed by atoms with Crippen LogP contribution in [0.15, 0.2) is 6.33 Å². The number of rotatable bonds is 21. The molecule has 0 amide bonds. The van der Waals surface area contributed by atoms with Crippen molar-refractivity contribution < 1.29 is 0 Å². The number of aryl methyl sites for hydroxylation is 2. The molecule has 0 aliphatic carbocycles. The first kappa shape index (κ1) is 25.2. The first-order valence-electron chi connectivity index (χ1n) is 12.9. The fourth-order valence-corrected chi connectivity index (χ4v) is 4.17. The van der Waals surface area contributed by atoms with E-state index in [1.807, 2.05) is 6.33 Å². The van der Waals surface area contributed by atoms with Gasteiger partial charge in [0.05, 0.1) is 12.0 Å². The van der Waals surface area contributed by atoms with E-state index in [9.17, 15) is 0 Å². The number of H-pyrrole nitrogens is 1. The molecular weight excluding hydrogens is 340 g/mol. The standard InChI is InChI=1S/C26H50N2/c1-3-5-7-9-11-13-15-17-19-21-23-26-25(27-24-28-26)22-20-18-16-14-12-10-8-6-4-2/h24H,3-23H2,1-2H3,(H,27,28). The van der Waals surface area contributed by atoms with Crippen LogP contribution in [0.3, 0.4) is 0 Å². The Labute approximate surface area is 176 Å². The Balaban J connectivity index is 1.95. The predicted molar refractivity (Wildman–Crippen MR) is 125 cm³/mol. The Kier molecular flexibility index (Phi) is 17.6. The highest BCUT2D eigenvalue weighted by molar-refractivity contribution is 5.11. The minimum Gasteiger partial charge on any atom is -0.348 e. The van der Waals surface area contributed by atoms with E-state index in [4.69, 9.17) is 0 Å². The zero-order valence-electron chi connectivity index (χ0n) is 19.4. The first-order chi connectivity index (χ1) is 13.9. The largest absolute Gasteiger partial charge is 0.348 e. The summed E-state index contributed by atoms with van der Waals surface area (Å²) in [5.74, 6) is 0. The normalized spacial score (nSPS) is 11.4. The van der Waals surface area contributed by atoms with Crippen LogP contribution in [0.1, 0.15) is 147 Å². The minimum absolute atomic E-state index is 1.17. The van der Waals surface area contributed by atoms with Crippen LogP contribution in [0.2, 0.25) is 0 Å². The molecule has 1 rings (SSSR count). The van der Waals surface area contributed by atoms with E-state index < -0.39 is 0 Å². The van der Waals surface area contributed by atoms with Gasteiger partial charge in [0.2, 0.25) is 0 Å². The van der Waals surface area contributed by atoms with Crippen molar-refractivity contribution in [3.63, 3.8) is 0 Å². The summed E-state index contributed by atoms with van der Waals surface area (Å²) in [7, 11) is 0. The van der Waals surface area contributed by atoms with Crippen LogP contribution >= 0.6 is 0 Å². The third-order valence-electron chi connectivity index (χ3n) is 6.10. The van der Waals surface area contributed by atoms with Crippen molar-refractivity contribution in [1.29, 1.82) is 0 Å². The maximum Gasteiger partial charge on any atom is 0.0925 e. The Morgan fingerprint density at radius 1 is 0.536 bits per heavy atom. The zero-order chi connectivity index (χ0) is 20.1. The van der Waals surface area contributed by atoms with Crippen LogP contribution in [0, 0.1) is 0 Å². The molecule has 0 bridgehead atoms. The van der Waals surface area contributed by atoms with Crippen molar-refractivity contribution in [3.8, 4) is 0 Å². The molecule has 28 heavy (non-hydrogen) atoms. The van der Waals surface area contributed by atoms with E-state index in [0.717, 1.165) is 0 Å². The van der Waals surface area contributed by atoms with Gasteiger partial charge in [0, 0.05) is 5.69 Å². The summed E-state index contributed by atoms with van der Waals surface area (Å²) < 4.78 is 0. The number of unbranched alkanes of at least 4 members (excludes halogenated alkanes) is 17. The lowest BCUT2D eigenvalue weighted by Gasteiger charge is -2.05. The van der Waals surface area contributed by atoms with Crippen molar-refractivity contribution in [2.45, 2.75) is 149 Å². The van der Waals surface area contributed by atoms with E-state index in [2.05, 4.69) is 23.8 Å². The molecule has 0 unspecified atom stereocenters. The lowest BCUT2D eigenvalue weighted by molar-refractivity contribution is 0.554. The first-order valence-corrected chi connectivity index (χ1v) is 12.9. The fraction of sp³-hybridized carbons (Fsp3) is 0.885. The van der Waals surface area contributed by atoms with Gasteiger partial charge in [0.15, 0.2) is 0 Å². The molecule has 0 aromatic carbocycles. The van der Waals surface area contributed by atoms with E-state index in [0.29, 0.717) is 0 Å². The number of imidazole rings is 1. The molecule has 1 aromatic heterocycles. The molecule has 0 atom stereocenters. The molecule has 2 heteroatoms. The minimum atomic E-state index is 1.17. The monoisotopic (exact) mass is 390 g/mol. The molecule has 1 aromatic rings. The Hall–Kier alpha value is -0.790. The van der Waals surface area contributed by atoms with E-state index in [1.165, 1.54) is 146 Å². The molecule has 1 N–H and O–H groups in total. The molecule has 1 heterocycles. The van der Waals surface area contributed by atoms with Crippen LogP contribution in [0.25, 0.3) is 0 Å². The van der Waals surface area contributed by atoms with E-state index in [-0.39, 0.29) is 0 Å². The van der Waals surface area contributed by atoms with Crippen molar-refractivity contribution in [2.75, 3.05) is 0 Å². The maximum atomic E-state index is 4.59. The van der Waals surface area contributed by atoms with Crippen molar-refractivity contribution in [2.24, 2.45) is 0 Å². The maximum absolute atomic E-state index is 4.59. The van der Waals surface area contributed by atoms with Gasteiger partial charge in [-0.15, -0.1) is 0 Å². The third-order valence-corrected chi connectivity index (χ3v) is 6.10. The van der Waals surface area contributed by atoms with Crippen LogP contribution in [0.4, 0.5) is 0 Å². The second-order valence-electron chi connectivity index (χ2n) is 8.84. The lowest BCUT2D eigenvalue weighted by Crippen LogP contribution is -1.95. The number of nitrogens with one attached hydrogen (secondary N) is 1. The summed E-state index contributed by atoms with van der Waals surface area (Å²) in [5.41, 5.74) is 2.76. The molecule has 0 radical (unpaired) electrons. The predicted octanol–water partition coefficient (Wildman–Crippen LogP) is 8.95. The summed E-state index contributed by atoms with van der Waals surface area (Å²) in [6.07, 6.45) is 31.0. The van der Waals surface area contributed by atoms with Crippen LogP contribution in [0.5, 0.6) is 0 Å². The Morgan fingerprint density at radius 2 is 0.929 bits per heavy atom. The van der Waals surface area contributed by atoms with Crippen LogP contribution in [-0.2, 0) is 12.8 Å². The highest BCUT2D eigenvalue weighted by atomic mass is 14.9. The SMILES string of the molecule is CCCCCCCCCCCCc1nc[nH]c1CCCCCCCCCCC. The molecule has 164 valence electrons. The summed E-state index contributed by atoms with van der Waals surface area (Å²) in [6.45, 7) is 4.58. The Bertz CT molecular complexity index is 424. The van der Waals surface area contributed by atoms with Crippen molar-refractivity contribution >= 4 is 0 Å². The van der Waals surface area contributed by atoms with Crippen molar-refractivity contribution in [3.05, 3.63) is 17.7 Å². The number of hydrogen-bond acceptors (Lipinski definition) is 1. The van der Waals surface area contributed by atoms with Crippen LogP contribution < -0.4 is 0 Å². The van der Waals surface area contributed by atoms with E-state index in [1.54, 1.807) is 0 Å². The quantitative estimate of drug-likeness (QED) is 0.208. The molecule has 0 spiro atoms. The van der Waals surface area contributed by atoms with Gasteiger partial charge in [-0.25, -0.2) is 4.98 Å². The second kappa shape index (κ2) is 19.5. The van der Waals surface area contributed by atoms with Crippen LogP contribution in [-0.4, -0.2) is 9.97 Å². The number of nitrogens with zero attached hydrogens (tertiary/aromatic N) is 1. The fourth-order valence-electron chi connectivity index (χ4n) is 4.17. The summed E-state index contributed by atoms with van der Waals surface area (Å²) in [4.78, 5) is 8.00. The van der Waals surface area contributed by atoms with Gasteiger partial charge in [0.25, 0.3) is 0 Å². The van der Waals surface area contributed by atoms with Gasteiger partial charge >= 0.3 is 0 Å².